The third kappa shape index (κ3) is 1.86. The maximum atomic E-state index is 5.26. The first-order valence-electron chi connectivity index (χ1n) is 4.32. The maximum Gasteiger partial charge on any atom is 0.155 e. The molecule has 12 heavy (non-hydrogen) atoms. The van der Waals surface area contributed by atoms with Crippen LogP contribution in [0.2, 0.25) is 0 Å². The predicted molar refractivity (Wildman–Crippen MR) is 44.5 cm³/mol. The van der Waals surface area contributed by atoms with Gasteiger partial charge in [-0.05, 0) is 0 Å². The first kappa shape index (κ1) is 8.23. The first-order valence-corrected chi connectivity index (χ1v) is 4.32. The fourth-order valence-corrected chi connectivity index (χ4v) is 1.46. The van der Waals surface area contributed by atoms with Gasteiger partial charge < -0.3 is 9.47 Å². The third-order valence-corrected chi connectivity index (χ3v) is 2.14. The highest BCUT2D eigenvalue weighted by Crippen LogP contribution is 2.11. The molecular formula is C9H13NO2. The molecule has 2 radical (unpaired) electrons. The van der Waals surface area contributed by atoms with E-state index >= 15 is 0 Å². The Hall–Kier alpha value is -0.380. The summed E-state index contributed by atoms with van der Waals surface area (Å²) in [7, 11) is 0. The normalized spacial score (nSPS) is 32.2. The van der Waals surface area contributed by atoms with E-state index in [2.05, 4.69) is 17.6 Å². The molecule has 0 bridgehead atoms. The quantitative estimate of drug-likeness (QED) is 0.525. The molecule has 1 saturated heterocycles. The second-order valence-electron chi connectivity index (χ2n) is 2.95. The molecule has 0 aliphatic carbocycles. The van der Waals surface area contributed by atoms with Gasteiger partial charge >= 0.3 is 0 Å². The van der Waals surface area contributed by atoms with Crippen molar-refractivity contribution in [2.24, 2.45) is 0 Å². The van der Waals surface area contributed by atoms with Gasteiger partial charge in [-0.3, -0.25) is 4.90 Å². The molecule has 0 aromatic rings. The van der Waals surface area contributed by atoms with Crippen LogP contribution in [-0.4, -0.2) is 43.9 Å². The molecule has 0 amide bonds. The largest absolute Gasteiger partial charge is 0.379 e. The average Bonchev–Trinajstić information content (AvgIpc) is 2.21. The van der Waals surface area contributed by atoms with Crippen LogP contribution in [0.5, 0.6) is 0 Å². The van der Waals surface area contributed by atoms with Crippen molar-refractivity contribution in [2.45, 2.75) is 6.04 Å². The van der Waals surface area contributed by atoms with Crippen molar-refractivity contribution in [3.63, 3.8) is 0 Å². The van der Waals surface area contributed by atoms with E-state index in [9.17, 15) is 0 Å². The van der Waals surface area contributed by atoms with Gasteiger partial charge in [-0.2, -0.15) is 0 Å². The van der Waals surface area contributed by atoms with Crippen molar-refractivity contribution in [1.82, 2.24) is 4.90 Å². The molecule has 1 fully saturated rings. The summed E-state index contributed by atoms with van der Waals surface area (Å²) in [5.74, 6) is 0. The lowest BCUT2D eigenvalue weighted by Crippen LogP contribution is -2.43. The molecule has 0 saturated carbocycles. The highest BCUT2D eigenvalue weighted by molar-refractivity contribution is 5.03. The second kappa shape index (κ2) is 4.03. The Balaban J connectivity index is 1.88. The van der Waals surface area contributed by atoms with Crippen LogP contribution >= 0.6 is 0 Å². The second-order valence-corrected chi connectivity index (χ2v) is 2.95. The molecular weight excluding hydrogens is 154 g/mol. The number of hydrogen-bond acceptors (Lipinski definition) is 3. The summed E-state index contributed by atoms with van der Waals surface area (Å²) in [6, 6.07) is 0.239. The standard InChI is InChI=1S/C9H13NO2/c1-2-9(8-12-5-1)10-3-6-11-7-4-10/h1-2,9H,3-7H2. The van der Waals surface area contributed by atoms with Crippen LogP contribution in [0.25, 0.3) is 0 Å². The van der Waals surface area contributed by atoms with Gasteiger partial charge in [0.15, 0.2) is 6.61 Å². The molecule has 2 aliphatic rings. The van der Waals surface area contributed by atoms with Gasteiger partial charge in [0, 0.05) is 13.1 Å². The zero-order chi connectivity index (χ0) is 8.23. The van der Waals surface area contributed by atoms with Crippen molar-refractivity contribution in [3.8, 4) is 0 Å². The van der Waals surface area contributed by atoms with E-state index in [1.165, 1.54) is 0 Å². The summed E-state index contributed by atoms with van der Waals surface area (Å²) in [6.45, 7) is 7.25. The zero-order valence-corrected chi connectivity index (χ0v) is 7.03. The summed E-state index contributed by atoms with van der Waals surface area (Å²) in [5.41, 5.74) is 0. The summed E-state index contributed by atoms with van der Waals surface area (Å²) in [4.78, 5) is 2.30. The van der Waals surface area contributed by atoms with E-state index in [1.807, 2.05) is 6.08 Å². The number of nitrogens with zero attached hydrogens (tertiary/aromatic N) is 1. The summed E-state index contributed by atoms with van der Waals surface area (Å²) in [6.07, 6.45) is 4.17. The average molecular weight is 167 g/mol. The summed E-state index contributed by atoms with van der Waals surface area (Å²) in [5, 5.41) is 0. The van der Waals surface area contributed by atoms with E-state index in [-0.39, 0.29) is 6.04 Å². The maximum absolute atomic E-state index is 5.26. The van der Waals surface area contributed by atoms with Crippen molar-refractivity contribution >= 4 is 0 Å². The topological polar surface area (TPSA) is 21.7 Å². The van der Waals surface area contributed by atoms with Crippen molar-refractivity contribution in [3.05, 3.63) is 18.8 Å². The Bertz CT molecular complexity index is 164. The third-order valence-electron chi connectivity index (χ3n) is 2.14. The molecule has 0 spiro atoms. The van der Waals surface area contributed by atoms with E-state index in [4.69, 9.17) is 9.47 Å². The van der Waals surface area contributed by atoms with Crippen LogP contribution < -0.4 is 0 Å². The zero-order valence-electron chi connectivity index (χ0n) is 7.03. The highest BCUT2D eigenvalue weighted by atomic mass is 16.5. The molecule has 3 heteroatoms. The fraction of sp³-hybridized carbons (Fsp3) is 0.667. The van der Waals surface area contributed by atoms with Gasteiger partial charge in [0.2, 0.25) is 0 Å². The van der Waals surface area contributed by atoms with Gasteiger partial charge in [-0.1, -0.05) is 12.2 Å². The van der Waals surface area contributed by atoms with Gasteiger partial charge in [0.05, 0.1) is 25.9 Å². The number of hydrogen-bond donors (Lipinski definition) is 0. The first-order chi connectivity index (χ1) is 5.97. The Morgan fingerprint density at radius 1 is 1.33 bits per heavy atom. The molecule has 0 aromatic heterocycles. The number of ether oxygens (including phenoxy) is 2. The van der Waals surface area contributed by atoms with E-state index in [0.717, 1.165) is 26.3 Å². The SMILES string of the molecule is [C]1OCC=CC1N1CCOCC1. The number of rotatable bonds is 1. The molecule has 2 aliphatic heterocycles. The minimum atomic E-state index is 0.239. The van der Waals surface area contributed by atoms with Gasteiger partial charge in [-0.25, -0.2) is 0 Å². The molecule has 0 N–H and O–H groups in total. The minimum absolute atomic E-state index is 0.239. The van der Waals surface area contributed by atoms with E-state index < -0.39 is 0 Å². The Morgan fingerprint density at radius 2 is 2.17 bits per heavy atom. The molecule has 1 unspecified atom stereocenters. The molecule has 1 atom stereocenters. The van der Waals surface area contributed by atoms with Gasteiger partial charge in [0.1, 0.15) is 0 Å². The molecule has 2 heterocycles. The number of morpholine rings is 1. The van der Waals surface area contributed by atoms with Crippen LogP contribution in [0.1, 0.15) is 0 Å². The summed E-state index contributed by atoms with van der Waals surface area (Å²) >= 11 is 0. The summed E-state index contributed by atoms with van der Waals surface area (Å²) < 4.78 is 10.4. The molecule has 0 aromatic carbocycles. The van der Waals surface area contributed by atoms with Crippen LogP contribution in [0, 0.1) is 6.61 Å². The van der Waals surface area contributed by atoms with Gasteiger partial charge in [0.25, 0.3) is 0 Å². The lowest BCUT2D eigenvalue weighted by atomic mass is 10.2. The Kier molecular flexibility index (Phi) is 2.76. The fourth-order valence-electron chi connectivity index (χ4n) is 1.46. The smallest absolute Gasteiger partial charge is 0.155 e. The Labute approximate surface area is 72.9 Å². The van der Waals surface area contributed by atoms with Gasteiger partial charge in [-0.15, -0.1) is 0 Å². The lowest BCUT2D eigenvalue weighted by Gasteiger charge is -2.32. The lowest BCUT2D eigenvalue weighted by molar-refractivity contribution is 0.0168. The van der Waals surface area contributed by atoms with E-state index in [0.29, 0.717) is 6.61 Å². The molecule has 2 rings (SSSR count). The van der Waals surface area contributed by atoms with Crippen LogP contribution in [0.4, 0.5) is 0 Å². The predicted octanol–water partition coefficient (Wildman–Crippen LogP) is 0.312. The van der Waals surface area contributed by atoms with E-state index in [1.54, 1.807) is 0 Å². The van der Waals surface area contributed by atoms with Crippen molar-refractivity contribution in [2.75, 3.05) is 32.9 Å². The molecule has 66 valence electrons. The highest BCUT2D eigenvalue weighted by Gasteiger charge is 2.21. The Morgan fingerprint density at radius 3 is 2.83 bits per heavy atom. The van der Waals surface area contributed by atoms with Crippen molar-refractivity contribution in [1.29, 1.82) is 0 Å². The van der Waals surface area contributed by atoms with Crippen LogP contribution in [-0.2, 0) is 9.47 Å². The minimum Gasteiger partial charge on any atom is -0.379 e. The molecule has 3 nitrogen and oxygen atoms in total. The monoisotopic (exact) mass is 167 g/mol. The van der Waals surface area contributed by atoms with Crippen molar-refractivity contribution < 1.29 is 9.47 Å². The van der Waals surface area contributed by atoms with Crippen LogP contribution in [0.3, 0.4) is 0 Å². The van der Waals surface area contributed by atoms with Crippen LogP contribution in [0.15, 0.2) is 12.2 Å².